The molecule has 0 fully saturated rings. The number of rotatable bonds is 4. The molecule has 0 aliphatic heterocycles. The number of pyridine rings is 1. The lowest BCUT2D eigenvalue weighted by Gasteiger charge is -2.07. The molecule has 0 saturated heterocycles. The Morgan fingerprint density at radius 2 is 2.00 bits per heavy atom. The van der Waals surface area contributed by atoms with Gasteiger partial charge in [0, 0.05) is 30.4 Å². The molecule has 0 atom stereocenters. The summed E-state index contributed by atoms with van der Waals surface area (Å²) in [7, 11) is 1.54. The summed E-state index contributed by atoms with van der Waals surface area (Å²) in [5.41, 5.74) is 8.68. The summed E-state index contributed by atoms with van der Waals surface area (Å²) in [5, 5.41) is 0. The maximum atomic E-state index is 5.57. The molecule has 0 aliphatic carbocycles. The molecule has 2 heterocycles. The molecular weight excluding hydrogens is 216 g/mol. The minimum atomic E-state index is 0.364. The van der Waals surface area contributed by atoms with Gasteiger partial charge in [-0.15, -0.1) is 0 Å². The molecule has 2 aromatic heterocycles. The second kappa shape index (κ2) is 5.36. The van der Waals surface area contributed by atoms with Crippen molar-refractivity contribution >= 4 is 0 Å². The molecule has 0 aliphatic rings. The first-order chi connectivity index (χ1) is 8.35. The van der Waals surface area contributed by atoms with Crippen LogP contribution in [0.5, 0.6) is 6.01 Å². The zero-order valence-electron chi connectivity index (χ0n) is 9.63. The summed E-state index contributed by atoms with van der Waals surface area (Å²) in [6.07, 6.45) is 7.84. The fourth-order valence-corrected chi connectivity index (χ4v) is 1.62. The summed E-state index contributed by atoms with van der Waals surface area (Å²) in [4.78, 5) is 12.3. The topological polar surface area (TPSA) is 73.9 Å². The smallest absolute Gasteiger partial charge is 0.316 e. The van der Waals surface area contributed by atoms with E-state index in [9.17, 15) is 0 Å². The van der Waals surface area contributed by atoms with Crippen LogP contribution in [0.1, 0.15) is 5.56 Å². The Kier molecular flexibility index (Phi) is 3.62. The van der Waals surface area contributed by atoms with E-state index in [0.717, 1.165) is 23.1 Å². The monoisotopic (exact) mass is 230 g/mol. The second-order valence-electron chi connectivity index (χ2n) is 3.53. The average Bonchev–Trinajstić information content (AvgIpc) is 2.40. The Labute approximate surface area is 99.7 Å². The molecule has 17 heavy (non-hydrogen) atoms. The van der Waals surface area contributed by atoms with Gasteiger partial charge in [-0.2, -0.15) is 0 Å². The van der Waals surface area contributed by atoms with Crippen molar-refractivity contribution in [2.45, 2.75) is 6.42 Å². The van der Waals surface area contributed by atoms with E-state index in [1.165, 1.54) is 0 Å². The fraction of sp³-hybridized carbons (Fsp3) is 0.250. The highest BCUT2D eigenvalue weighted by Crippen LogP contribution is 2.22. The van der Waals surface area contributed by atoms with Gasteiger partial charge in [0.2, 0.25) is 0 Å². The molecule has 88 valence electrons. The van der Waals surface area contributed by atoms with E-state index in [2.05, 4.69) is 15.0 Å². The van der Waals surface area contributed by atoms with Gasteiger partial charge in [-0.1, -0.05) is 0 Å². The van der Waals surface area contributed by atoms with Gasteiger partial charge in [-0.25, -0.2) is 9.97 Å². The van der Waals surface area contributed by atoms with Gasteiger partial charge in [-0.3, -0.25) is 4.98 Å². The Bertz CT molecular complexity index is 484. The fourth-order valence-electron chi connectivity index (χ4n) is 1.62. The first kappa shape index (κ1) is 11.5. The minimum absolute atomic E-state index is 0.364. The summed E-state index contributed by atoms with van der Waals surface area (Å²) in [6, 6.07) is 2.30. The maximum Gasteiger partial charge on any atom is 0.316 e. The molecule has 0 amide bonds. The van der Waals surface area contributed by atoms with E-state index in [4.69, 9.17) is 10.5 Å². The van der Waals surface area contributed by atoms with E-state index >= 15 is 0 Å². The van der Waals surface area contributed by atoms with Crippen LogP contribution in [0.3, 0.4) is 0 Å². The van der Waals surface area contributed by atoms with Crippen molar-refractivity contribution in [1.29, 1.82) is 0 Å². The van der Waals surface area contributed by atoms with Gasteiger partial charge in [0.05, 0.1) is 7.11 Å². The highest BCUT2D eigenvalue weighted by Gasteiger charge is 2.05. The van der Waals surface area contributed by atoms with Crippen molar-refractivity contribution in [3.8, 4) is 17.1 Å². The average molecular weight is 230 g/mol. The largest absolute Gasteiger partial charge is 0.467 e. The van der Waals surface area contributed by atoms with Crippen LogP contribution in [-0.2, 0) is 6.42 Å². The van der Waals surface area contributed by atoms with Crippen LogP contribution < -0.4 is 10.5 Å². The number of nitrogens with two attached hydrogens (primary N) is 1. The molecular formula is C12H14N4O. The number of hydrogen-bond acceptors (Lipinski definition) is 5. The van der Waals surface area contributed by atoms with Crippen LogP contribution in [0, 0.1) is 0 Å². The van der Waals surface area contributed by atoms with E-state index in [1.54, 1.807) is 25.7 Å². The number of aromatic nitrogens is 3. The molecule has 0 unspecified atom stereocenters. The van der Waals surface area contributed by atoms with E-state index in [0.29, 0.717) is 12.6 Å². The quantitative estimate of drug-likeness (QED) is 0.849. The van der Waals surface area contributed by atoms with Gasteiger partial charge in [0.25, 0.3) is 0 Å². The van der Waals surface area contributed by atoms with E-state index < -0.39 is 0 Å². The predicted octanol–water partition coefficient (Wildman–Crippen LogP) is 1.05. The summed E-state index contributed by atoms with van der Waals surface area (Å²) in [5.74, 6) is 0. The number of hydrogen-bond donors (Lipinski definition) is 1. The first-order valence-corrected chi connectivity index (χ1v) is 5.34. The van der Waals surface area contributed by atoms with E-state index in [1.807, 2.05) is 12.3 Å². The van der Waals surface area contributed by atoms with Crippen molar-refractivity contribution in [3.63, 3.8) is 0 Å². The van der Waals surface area contributed by atoms with Crippen molar-refractivity contribution in [2.75, 3.05) is 13.7 Å². The molecule has 2 N–H and O–H groups in total. The highest BCUT2D eigenvalue weighted by atomic mass is 16.5. The Hall–Kier alpha value is -2.01. The molecule has 5 nitrogen and oxygen atoms in total. The lowest BCUT2D eigenvalue weighted by molar-refractivity contribution is 0.380. The Morgan fingerprint density at radius 3 is 2.65 bits per heavy atom. The molecule has 0 aromatic carbocycles. The van der Waals surface area contributed by atoms with Gasteiger partial charge in [-0.05, 0) is 30.2 Å². The molecule has 5 heteroatoms. The minimum Gasteiger partial charge on any atom is -0.467 e. The summed E-state index contributed by atoms with van der Waals surface area (Å²) in [6.45, 7) is 0.593. The zero-order valence-corrected chi connectivity index (χ0v) is 9.63. The number of nitrogens with zero attached hydrogens (tertiary/aromatic N) is 3. The van der Waals surface area contributed by atoms with Gasteiger partial charge in [0.1, 0.15) is 0 Å². The summed E-state index contributed by atoms with van der Waals surface area (Å²) < 4.78 is 4.93. The second-order valence-corrected chi connectivity index (χ2v) is 3.53. The van der Waals surface area contributed by atoms with Gasteiger partial charge < -0.3 is 10.5 Å². The van der Waals surface area contributed by atoms with Gasteiger partial charge in [0.15, 0.2) is 0 Å². The van der Waals surface area contributed by atoms with Crippen LogP contribution >= 0.6 is 0 Å². The third-order valence-electron chi connectivity index (χ3n) is 2.44. The molecule has 0 spiro atoms. The SMILES string of the molecule is COc1ncc(-c2ccncc2CCN)cn1. The van der Waals surface area contributed by atoms with Crippen LogP contribution in [0.4, 0.5) is 0 Å². The maximum absolute atomic E-state index is 5.57. The number of methoxy groups -OCH3 is 1. The standard InChI is InChI=1S/C12H14N4O/c1-17-12-15-7-10(8-16-12)11-3-5-14-6-9(11)2-4-13/h3,5-8H,2,4,13H2,1H3. The van der Waals surface area contributed by atoms with Crippen LogP contribution in [-0.4, -0.2) is 28.6 Å². The van der Waals surface area contributed by atoms with Crippen LogP contribution in [0.15, 0.2) is 30.9 Å². The van der Waals surface area contributed by atoms with E-state index in [-0.39, 0.29) is 0 Å². The Balaban J connectivity index is 2.37. The van der Waals surface area contributed by atoms with Crippen molar-refractivity contribution in [2.24, 2.45) is 5.73 Å². The molecule has 2 rings (SSSR count). The zero-order chi connectivity index (χ0) is 12.1. The molecule has 2 aromatic rings. The third kappa shape index (κ3) is 2.57. The summed E-state index contributed by atoms with van der Waals surface area (Å²) >= 11 is 0. The first-order valence-electron chi connectivity index (χ1n) is 5.34. The van der Waals surface area contributed by atoms with Gasteiger partial charge >= 0.3 is 6.01 Å². The highest BCUT2D eigenvalue weighted by molar-refractivity contribution is 5.65. The lowest BCUT2D eigenvalue weighted by Crippen LogP contribution is -2.04. The van der Waals surface area contributed by atoms with Crippen molar-refractivity contribution < 1.29 is 4.74 Å². The lowest BCUT2D eigenvalue weighted by atomic mass is 10.0. The van der Waals surface area contributed by atoms with Crippen molar-refractivity contribution in [1.82, 2.24) is 15.0 Å². The van der Waals surface area contributed by atoms with Crippen LogP contribution in [0.25, 0.3) is 11.1 Å². The van der Waals surface area contributed by atoms with Crippen LogP contribution in [0.2, 0.25) is 0 Å². The molecule has 0 radical (unpaired) electrons. The molecule has 0 saturated carbocycles. The Morgan fingerprint density at radius 1 is 1.24 bits per heavy atom. The molecule has 0 bridgehead atoms. The third-order valence-corrected chi connectivity index (χ3v) is 2.44. The number of ether oxygens (including phenoxy) is 1. The normalized spacial score (nSPS) is 10.2. The predicted molar refractivity (Wildman–Crippen MR) is 64.6 cm³/mol. The van der Waals surface area contributed by atoms with Crippen molar-refractivity contribution in [3.05, 3.63) is 36.4 Å².